The second-order valence-corrected chi connectivity index (χ2v) is 7.41. The molecule has 1 N–H and O–H groups in total. The zero-order chi connectivity index (χ0) is 18.1. The van der Waals surface area contributed by atoms with Crippen LogP contribution in [0.25, 0.3) is 0 Å². The number of aryl methyl sites for hydroxylation is 1. The molecule has 4 rings (SSSR count). The fraction of sp³-hybridized carbons (Fsp3) is 0.278. The predicted octanol–water partition coefficient (Wildman–Crippen LogP) is 4.60. The zero-order valence-corrected chi connectivity index (χ0v) is 14.9. The van der Waals surface area contributed by atoms with E-state index in [2.05, 4.69) is 20.3 Å². The molecule has 1 fully saturated rings. The van der Waals surface area contributed by atoms with E-state index in [0.29, 0.717) is 17.2 Å². The third-order valence-corrected chi connectivity index (χ3v) is 5.21. The number of hydrogen-bond acceptors (Lipinski definition) is 6. The van der Waals surface area contributed by atoms with Gasteiger partial charge in [0.25, 0.3) is 0 Å². The summed E-state index contributed by atoms with van der Waals surface area (Å²) < 4.78 is 27.5. The summed E-state index contributed by atoms with van der Waals surface area (Å²) in [5.41, 5.74) is 0.493. The van der Waals surface area contributed by atoms with Gasteiger partial charge in [-0.15, -0.1) is 11.3 Å². The highest BCUT2D eigenvalue weighted by Gasteiger charge is 2.29. The van der Waals surface area contributed by atoms with Gasteiger partial charge in [0.1, 0.15) is 29.6 Å². The molecule has 0 saturated carbocycles. The summed E-state index contributed by atoms with van der Waals surface area (Å²) >= 11 is 1.54. The average Bonchev–Trinajstić information content (AvgIpc) is 3.24. The lowest BCUT2D eigenvalue weighted by Crippen LogP contribution is -2.24. The minimum atomic E-state index is -0.567. The maximum absolute atomic E-state index is 14.2. The van der Waals surface area contributed by atoms with Crippen LogP contribution in [-0.4, -0.2) is 21.5 Å². The van der Waals surface area contributed by atoms with Crippen LogP contribution in [0.4, 0.5) is 25.5 Å². The van der Waals surface area contributed by atoms with Crippen molar-refractivity contribution in [1.82, 2.24) is 15.0 Å². The normalized spacial score (nSPS) is 16.9. The highest BCUT2D eigenvalue weighted by molar-refractivity contribution is 7.15. The van der Waals surface area contributed by atoms with Crippen molar-refractivity contribution in [1.29, 1.82) is 0 Å². The number of hydrogen-bond donors (Lipinski definition) is 1. The number of benzene rings is 1. The third-order valence-electron chi connectivity index (χ3n) is 4.38. The molecule has 0 aliphatic carbocycles. The van der Waals surface area contributed by atoms with Crippen LogP contribution in [0.2, 0.25) is 0 Å². The second-order valence-electron chi connectivity index (χ2n) is 6.18. The van der Waals surface area contributed by atoms with Crippen molar-refractivity contribution in [3.05, 3.63) is 58.9 Å². The molecule has 1 unspecified atom stereocenters. The van der Waals surface area contributed by atoms with Gasteiger partial charge in [0.2, 0.25) is 0 Å². The Morgan fingerprint density at radius 1 is 1.19 bits per heavy atom. The van der Waals surface area contributed by atoms with E-state index in [4.69, 9.17) is 0 Å². The molecule has 3 heterocycles. The van der Waals surface area contributed by atoms with E-state index in [-0.39, 0.29) is 6.04 Å². The van der Waals surface area contributed by atoms with Crippen molar-refractivity contribution in [3.63, 3.8) is 0 Å². The highest BCUT2D eigenvalue weighted by Crippen LogP contribution is 2.37. The first kappa shape index (κ1) is 16.8. The van der Waals surface area contributed by atoms with E-state index in [0.717, 1.165) is 35.5 Å². The average molecular weight is 373 g/mol. The van der Waals surface area contributed by atoms with Crippen LogP contribution < -0.4 is 10.2 Å². The van der Waals surface area contributed by atoms with Crippen molar-refractivity contribution in [2.45, 2.75) is 25.8 Å². The topological polar surface area (TPSA) is 53.9 Å². The van der Waals surface area contributed by atoms with Gasteiger partial charge in [0.15, 0.2) is 5.13 Å². The Bertz CT molecular complexity index is 929. The van der Waals surface area contributed by atoms with Crippen LogP contribution in [0.15, 0.2) is 36.8 Å². The number of thiazole rings is 1. The monoisotopic (exact) mass is 373 g/mol. The molecule has 1 atom stereocenters. The zero-order valence-electron chi connectivity index (χ0n) is 14.1. The van der Waals surface area contributed by atoms with Crippen LogP contribution in [0.5, 0.6) is 0 Å². The van der Waals surface area contributed by atoms with E-state index in [1.54, 1.807) is 17.5 Å². The third kappa shape index (κ3) is 3.37. The molecule has 1 aromatic carbocycles. The number of nitrogens with one attached hydrogen (secondary N) is 1. The lowest BCUT2D eigenvalue weighted by Gasteiger charge is -2.26. The maximum Gasteiger partial charge on any atom is 0.188 e. The van der Waals surface area contributed by atoms with Gasteiger partial charge >= 0.3 is 0 Å². The summed E-state index contributed by atoms with van der Waals surface area (Å²) in [6.45, 7) is 2.74. The van der Waals surface area contributed by atoms with Crippen LogP contribution in [0.1, 0.15) is 29.3 Å². The molecular formula is C18H17F2N5S. The lowest BCUT2D eigenvalue weighted by atomic mass is 10.0. The van der Waals surface area contributed by atoms with Gasteiger partial charge in [-0.05, 0) is 25.8 Å². The largest absolute Gasteiger partial charge is 0.349 e. The number of rotatable bonds is 4. The van der Waals surface area contributed by atoms with Gasteiger partial charge in [0.05, 0.1) is 6.04 Å². The molecule has 5 nitrogen and oxygen atoms in total. The van der Waals surface area contributed by atoms with Crippen LogP contribution >= 0.6 is 11.3 Å². The maximum atomic E-state index is 14.2. The molecule has 26 heavy (non-hydrogen) atoms. The Hall–Kier alpha value is -2.61. The number of aromatic nitrogens is 3. The summed E-state index contributed by atoms with van der Waals surface area (Å²) in [4.78, 5) is 16.0. The first-order chi connectivity index (χ1) is 12.6. The molecule has 0 radical (unpaired) electrons. The van der Waals surface area contributed by atoms with E-state index in [1.807, 2.05) is 17.9 Å². The lowest BCUT2D eigenvalue weighted by molar-refractivity contribution is 0.553. The molecule has 0 amide bonds. The van der Waals surface area contributed by atoms with Crippen molar-refractivity contribution >= 4 is 28.1 Å². The van der Waals surface area contributed by atoms with Crippen LogP contribution in [-0.2, 0) is 0 Å². The second kappa shape index (κ2) is 6.95. The molecule has 0 spiro atoms. The Morgan fingerprint density at radius 3 is 2.85 bits per heavy atom. The van der Waals surface area contributed by atoms with E-state index in [1.165, 1.54) is 18.5 Å². The van der Waals surface area contributed by atoms with Crippen LogP contribution in [0, 0.1) is 18.6 Å². The highest BCUT2D eigenvalue weighted by atomic mass is 32.1. The van der Waals surface area contributed by atoms with E-state index < -0.39 is 11.6 Å². The molecule has 8 heteroatoms. The van der Waals surface area contributed by atoms with Crippen LogP contribution in [0.3, 0.4) is 0 Å². The van der Waals surface area contributed by atoms with Gasteiger partial charge in [-0.25, -0.2) is 23.7 Å². The molecule has 2 aromatic heterocycles. The van der Waals surface area contributed by atoms with Crippen molar-refractivity contribution < 1.29 is 8.78 Å². The van der Waals surface area contributed by atoms with Crippen molar-refractivity contribution in [2.75, 3.05) is 16.8 Å². The van der Waals surface area contributed by atoms with Crippen molar-refractivity contribution in [2.24, 2.45) is 0 Å². The van der Waals surface area contributed by atoms with Gasteiger partial charge < -0.3 is 10.2 Å². The van der Waals surface area contributed by atoms with Gasteiger partial charge in [-0.3, -0.25) is 0 Å². The molecule has 1 saturated heterocycles. The summed E-state index contributed by atoms with van der Waals surface area (Å²) in [7, 11) is 0. The number of anilines is 3. The SMILES string of the molecule is Cc1cnc(Nc2cc(N3CCCC3c3ccc(F)cc3F)ncn2)s1. The molecule has 1 aliphatic heterocycles. The number of nitrogens with zero attached hydrogens (tertiary/aromatic N) is 4. The standard InChI is InChI=1S/C18H17F2N5S/c1-11-9-21-18(26-11)24-16-8-17(23-10-22-16)25-6-2-3-15(25)13-5-4-12(19)7-14(13)20/h4-5,7-10,15H,2-3,6H2,1H3,(H,21,22,23,24). The first-order valence-electron chi connectivity index (χ1n) is 8.33. The summed E-state index contributed by atoms with van der Waals surface area (Å²) in [5, 5.41) is 3.93. The minimum Gasteiger partial charge on any atom is -0.349 e. The van der Waals surface area contributed by atoms with Crippen molar-refractivity contribution in [3.8, 4) is 0 Å². The van der Waals surface area contributed by atoms with Gasteiger partial charge in [0, 0.05) is 35.3 Å². The van der Waals surface area contributed by atoms with Gasteiger partial charge in [-0.2, -0.15) is 0 Å². The quantitative estimate of drug-likeness (QED) is 0.724. The smallest absolute Gasteiger partial charge is 0.188 e. The summed E-state index contributed by atoms with van der Waals surface area (Å²) in [6, 6.07) is 5.42. The molecule has 0 bridgehead atoms. The fourth-order valence-corrected chi connectivity index (χ4v) is 3.90. The van der Waals surface area contributed by atoms with Gasteiger partial charge in [-0.1, -0.05) is 6.07 Å². The summed E-state index contributed by atoms with van der Waals surface area (Å²) in [6.07, 6.45) is 4.98. The predicted molar refractivity (Wildman–Crippen MR) is 97.8 cm³/mol. The Morgan fingerprint density at radius 2 is 2.08 bits per heavy atom. The van der Waals surface area contributed by atoms with E-state index >= 15 is 0 Å². The fourth-order valence-electron chi connectivity index (χ4n) is 3.23. The van der Waals surface area contributed by atoms with E-state index in [9.17, 15) is 8.78 Å². The molecule has 1 aliphatic rings. The Labute approximate surface area is 153 Å². The number of halogens is 2. The molecule has 3 aromatic rings. The molecular weight excluding hydrogens is 356 g/mol. The summed E-state index contributed by atoms with van der Waals surface area (Å²) in [5.74, 6) is 0.257. The molecule has 134 valence electrons. The first-order valence-corrected chi connectivity index (χ1v) is 9.15. The Balaban J connectivity index is 1.60. The minimum absolute atomic E-state index is 0.166. The Kier molecular flexibility index (Phi) is 4.50.